The number of carbonyl (C=O) groups is 1. The molecule has 0 saturated heterocycles. The van der Waals surface area contributed by atoms with Crippen molar-refractivity contribution in [3.05, 3.63) is 53.8 Å². The van der Waals surface area contributed by atoms with Crippen molar-refractivity contribution >= 4 is 11.7 Å². The van der Waals surface area contributed by atoms with E-state index >= 15 is 0 Å². The van der Waals surface area contributed by atoms with Gasteiger partial charge in [0.15, 0.2) is 11.6 Å². The van der Waals surface area contributed by atoms with Crippen LogP contribution in [0.25, 0.3) is 0 Å². The van der Waals surface area contributed by atoms with Crippen LogP contribution in [0.3, 0.4) is 0 Å². The Kier molecular flexibility index (Phi) is 3.14. The van der Waals surface area contributed by atoms with E-state index in [2.05, 4.69) is 0 Å². The molecule has 0 aromatic heterocycles. The van der Waals surface area contributed by atoms with Crippen molar-refractivity contribution in [1.29, 1.82) is 0 Å². The van der Waals surface area contributed by atoms with Crippen LogP contribution >= 0.6 is 0 Å². The van der Waals surface area contributed by atoms with Crippen LogP contribution in [0.4, 0.5) is 10.1 Å². The maximum atomic E-state index is 13.6. The number of carboxylic acid groups (broad SMARTS) is 1. The maximum absolute atomic E-state index is 13.6. The number of aromatic carboxylic acids is 1. The Balaban J connectivity index is 2.39. The van der Waals surface area contributed by atoms with Gasteiger partial charge in [-0.1, -0.05) is 18.2 Å². The number of hydrogen-bond donors (Lipinski definition) is 2. The lowest BCUT2D eigenvalue weighted by Gasteiger charge is -2.09. The van der Waals surface area contributed by atoms with Crippen molar-refractivity contribution in [3.8, 4) is 11.5 Å². The third kappa shape index (κ3) is 2.40. The molecule has 92 valence electrons. The molecule has 4 nitrogen and oxygen atoms in total. The molecule has 0 spiro atoms. The number of carboxylic acids is 1. The minimum atomic E-state index is -1.23. The fraction of sp³-hybridized carbons (Fsp3) is 0. The SMILES string of the molecule is Nc1cc(F)c(Oc2ccccc2)cc1C(=O)O. The molecule has 0 aliphatic rings. The molecule has 0 aliphatic carbocycles. The van der Waals surface area contributed by atoms with Crippen molar-refractivity contribution in [2.75, 3.05) is 5.73 Å². The normalized spacial score (nSPS) is 10.1. The lowest BCUT2D eigenvalue weighted by molar-refractivity contribution is 0.0697. The molecule has 2 aromatic carbocycles. The number of nitrogens with two attached hydrogens (primary N) is 1. The summed E-state index contributed by atoms with van der Waals surface area (Å²) in [6, 6.07) is 10.5. The first-order valence-electron chi connectivity index (χ1n) is 5.13. The quantitative estimate of drug-likeness (QED) is 0.818. The summed E-state index contributed by atoms with van der Waals surface area (Å²) in [5, 5.41) is 8.89. The van der Waals surface area contributed by atoms with Gasteiger partial charge in [0, 0.05) is 17.8 Å². The van der Waals surface area contributed by atoms with Crippen molar-refractivity contribution in [1.82, 2.24) is 0 Å². The molecule has 0 radical (unpaired) electrons. The van der Waals surface area contributed by atoms with Crippen molar-refractivity contribution < 1.29 is 19.0 Å². The standard InChI is InChI=1S/C13H10FNO3/c14-10-7-11(15)9(13(16)17)6-12(10)18-8-4-2-1-3-5-8/h1-7H,15H2,(H,16,17). The third-order valence-electron chi connectivity index (χ3n) is 2.31. The van der Waals surface area contributed by atoms with Crippen molar-refractivity contribution in [2.45, 2.75) is 0 Å². The molecular formula is C13H10FNO3. The molecule has 18 heavy (non-hydrogen) atoms. The Labute approximate surface area is 102 Å². The van der Waals surface area contributed by atoms with Crippen LogP contribution in [0.5, 0.6) is 11.5 Å². The monoisotopic (exact) mass is 247 g/mol. The average Bonchev–Trinajstić information content (AvgIpc) is 2.33. The molecule has 0 amide bonds. The second kappa shape index (κ2) is 4.75. The minimum Gasteiger partial charge on any atom is -0.478 e. The molecular weight excluding hydrogens is 237 g/mol. The summed E-state index contributed by atoms with van der Waals surface area (Å²) in [5.74, 6) is -1.70. The molecule has 5 heteroatoms. The minimum absolute atomic E-state index is 0.139. The fourth-order valence-corrected chi connectivity index (χ4v) is 1.45. The Bertz CT molecular complexity index is 584. The zero-order valence-electron chi connectivity index (χ0n) is 9.26. The van der Waals surface area contributed by atoms with Crippen LogP contribution in [-0.4, -0.2) is 11.1 Å². The molecule has 0 bridgehead atoms. The van der Waals surface area contributed by atoms with Crippen molar-refractivity contribution in [2.24, 2.45) is 0 Å². The Hall–Kier alpha value is -2.56. The molecule has 2 rings (SSSR count). The summed E-state index contributed by atoms with van der Waals surface area (Å²) in [4.78, 5) is 10.9. The van der Waals surface area contributed by atoms with Gasteiger partial charge in [-0.3, -0.25) is 0 Å². The van der Waals surface area contributed by atoms with Gasteiger partial charge in [0.25, 0.3) is 0 Å². The lowest BCUT2D eigenvalue weighted by atomic mass is 10.1. The average molecular weight is 247 g/mol. The number of nitrogen functional groups attached to an aromatic ring is 1. The molecule has 3 N–H and O–H groups in total. The van der Waals surface area contributed by atoms with Crippen LogP contribution in [0, 0.1) is 5.82 Å². The number of benzene rings is 2. The van der Waals surface area contributed by atoms with Crippen LogP contribution in [-0.2, 0) is 0 Å². The van der Waals surface area contributed by atoms with Crippen LogP contribution in [0.15, 0.2) is 42.5 Å². The van der Waals surface area contributed by atoms with Crippen molar-refractivity contribution in [3.63, 3.8) is 0 Å². The molecule has 0 aliphatic heterocycles. The number of halogens is 1. The smallest absolute Gasteiger partial charge is 0.337 e. The molecule has 0 unspecified atom stereocenters. The predicted molar refractivity (Wildman–Crippen MR) is 64.3 cm³/mol. The van der Waals surface area contributed by atoms with Gasteiger partial charge in [-0.25, -0.2) is 9.18 Å². The highest BCUT2D eigenvalue weighted by Crippen LogP contribution is 2.28. The van der Waals surface area contributed by atoms with E-state index in [4.69, 9.17) is 15.6 Å². The number of rotatable bonds is 3. The molecule has 2 aromatic rings. The van der Waals surface area contributed by atoms with Gasteiger partial charge in [-0.05, 0) is 12.1 Å². The number of para-hydroxylation sites is 1. The van der Waals surface area contributed by atoms with Crippen LogP contribution in [0.2, 0.25) is 0 Å². The van der Waals surface area contributed by atoms with E-state index < -0.39 is 11.8 Å². The summed E-state index contributed by atoms with van der Waals surface area (Å²) >= 11 is 0. The zero-order valence-corrected chi connectivity index (χ0v) is 9.26. The molecule has 0 heterocycles. The summed E-state index contributed by atoms with van der Waals surface area (Å²) < 4.78 is 18.8. The molecule has 0 atom stereocenters. The Morgan fingerprint density at radius 3 is 2.50 bits per heavy atom. The van der Waals surface area contributed by atoms with E-state index in [1.807, 2.05) is 0 Å². The van der Waals surface area contributed by atoms with E-state index in [1.54, 1.807) is 30.3 Å². The second-order valence-corrected chi connectivity index (χ2v) is 3.59. The van der Waals surface area contributed by atoms with Gasteiger partial charge in [-0.2, -0.15) is 0 Å². The largest absolute Gasteiger partial charge is 0.478 e. The van der Waals surface area contributed by atoms with E-state index in [-0.39, 0.29) is 17.0 Å². The summed E-state index contributed by atoms with van der Waals surface area (Å²) in [6.45, 7) is 0. The maximum Gasteiger partial charge on any atom is 0.337 e. The van der Waals surface area contributed by atoms with Gasteiger partial charge in [0.05, 0.1) is 5.56 Å². The van der Waals surface area contributed by atoms with Gasteiger partial charge >= 0.3 is 5.97 Å². The van der Waals surface area contributed by atoms with Gasteiger partial charge in [-0.15, -0.1) is 0 Å². The van der Waals surface area contributed by atoms with E-state index in [0.29, 0.717) is 5.75 Å². The third-order valence-corrected chi connectivity index (χ3v) is 2.31. The topological polar surface area (TPSA) is 72.5 Å². The lowest BCUT2D eigenvalue weighted by Crippen LogP contribution is -2.04. The summed E-state index contributed by atoms with van der Waals surface area (Å²) in [7, 11) is 0. The molecule has 0 fully saturated rings. The van der Waals surface area contributed by atoms with Gasteiger partial charge < -0.3 is 15.6 Å². The van der Waals surface area contributed by atoms with Gasteiger partial charge in [0.1, 0.15) is 5.75 Å². The number of anilines is 1. The van der Waals surface area contributed by atoms with Crippen LogP contribution < -0.4 is 10.5 Å². The number of hydrogen-bond acceptors (Lipinski definition) is 3. The Morgan fingerprint density at radius 1 is 1.22 bits per heavy atom. The fourth-order valence-electron chi connectivity index (χ4n) is 1.45. The highest BCUT2D eigenvalue weighted by molar-refractivity contribution is 5.94. The van der Waals surface area contributed by atoms with E-state index in [0.717, 1.165) is 12.1 Å². The highest BCUT2D eigenvalue weighted by Gasteiger charge is 2.14. The predicted octanol–water partition coefficient (Wildman–Crippen LogP) is 2.90. The first-order chi connectivity index (χ1) is 8.58. The first-order valence-corrected chi connectivity index (χ1v) is 5.13. The zero-order chi connectivity index (χ0) is 13.1. The first kappa shape index (κ1) is 11.9. The second-order valence-electron chi connectivity index (χ2n) is 3.59. The van der Waals surface area contributed by atoms with Gasteiger partial charge in [0.2, 0.25) is 0 Å². The van der Waals surface area contributed by atoms with E-state index in [9.17, 15) is 9.18 Å². The summed E-state index contributed by atoms with van der Waals surface area (Å²) in [6.07, 6.45) is 0. The number of ether oxygens (including phenoxy) is 1. The molecule has 0 saturated carbocycles. The summed E-state index contributed by atoms with van der Waals surface area (Å²) in [5.41, 5.74) is 5.08. The Morgan fingerprint density at radius 2 is 1.89 bits per heavy atom. The van der Waals surface area contributed by atoms with E-state index in [1.165, 1.54) is 0 Å². The van der Waals surface area contributed by atoms with Crippen LogP contribution in [0.1, 0.15) is 10.4 Å². The highest BCUT2D eigenvalue weighted by atomic mass is 19.1.